The Morgan fingerprint density at radius 3 is 2.27 bits per heavy atom. The lowest BCUT2D eigenvalue weighted by molar-refractivity contribution is -0.420. The van der Waals surface area contributed by atoms with Gasteiger partial charge in [0.25, 0.3) is 5.70 Å². The third-order valence-corrected chi connectivity index (χ3v) is 1.21. The smallest absolute Gasteiger partial charge is 0.275 e. The highest BCUT2D eigenvalue weighted by atomic mass is 16.6. The number of hydrogen-bond donors (Lipinski definition) is 1. The second-order valence-corrected chi connectivity index (χ2v) is 1.92. The summed E-state index contributed by atoms with van der Waals surface area (Å²) in [6, 6.07) is 0. The number of allylic oxidation sites excluding steroid dienone is 2. The Labute approximate surface area is 64.3 Å². The largest absolute Gasteiger partial charge is 0.508 e. The zero-order valence-corrected chi connectivity index (χ0v) is 6.20. The van der Waals surface area contributed by atoms with Crippen molar-refractivity contribution in [3.05, 3.63) is 46.4 Å². The van der Waals surface area contributed by atoms with Crippen LogP contribution >= 0.6 is 0 Å². The average molecular weight is 155 g/mol. The summed E-state index contributed by atoms with van der Waals surface area (Å²) in [6.45, 7) is 7.79. The van der Waals surface area contributed by atoms with Crippen LogP contribution in [0, 0.1) is 10.1 Å². The van der Waals surface area contributed by atoms with Crippen molar-refractivity contribution in [1.82, 2.24) is 0 Å². The molecule has 0 aliphatic carbocycles. The van der Waals surface area contributed by atoms with Crippen molar-refractivity contribution in [2.75, 3.05) is 0 Å². The lowest BCUT2D eigenvalue weighted by atomic mass is 10.2. The van der Waals surface area contributed by atoms with E-state index in [0.29, 0.717) is 0 Å². The molecule has 0 bridgehead atoms. The minimum absolute atomic E-state index is 0.130. The third-order valence-electron chi connectivity index (χ3n) is 1.21. The molecule has 0 saturated carbocycles. The molecule has 0 aliphatic heterocycles. The molecule has 0 aromatic heterocycles. The summed E-state index contributed by atoms with van der Waals surface area (Å²) in [5.74, 6) is -0.309. The summed E-state index contributed by atoms with van der Waals surface area (Å²) in [5.41, 5.74) is -0.0949. The average Bonchev–Trinajstić information content (AvgIpc) is 1.88. The molecule has 0 saturated heterocycles. The van der Waals surface area contributed by atoms with Crippen LogP contribution in [0.25, 0.3) is 0 Å². The van der Waals surface area contributed by atoms with Gasteiger partial charge < -0.3 is 5.11 Å². The molecule has 0 spiro atoms. The summed E-state index contributed by atoms with van der Waals surface area (Å²) in [4.78, 5) is 9.58. The highest BCUT2D eigenvalue weighted by Crippen LogP contribution is 2.11. The summed E-state index contributed by atoms with van der Waals surface area (Å²) < 4.78 is 0. The van der Waals surface area contributed by atoms with Crippen molar-refractivity contribution in [3.8, 4) is 0 Å². The number of aliphatic hydroxyl groups excluding tert-OH is 1. The number of nitrogens with zero attached hydrogens (tertiary/aromatic N) is 1. The van der Waals surface area contributed by atoms with E-state index < -0.39 is 4.92 Å². The molecule has 4 nitrogen and oxygen atoms in total. The first-order valence-corrected chi connectivity index (χ1v) is 2.86. The zero-order valence-electron chi connectivity index (χ0n) is 6.20. The maximum atomic E-state index is 10.2. The van der Waals surface area contributed by atoms with Crippen molar-refractivity contribution in [2.24, 2.45) is 0 Å². The first-order chi connectivity index (χ1) is 5.00. The Bertz CT molecular complexity index is 240. The molecule has 11 heavy (non-hydrogen) atoms. The van der Waals surface area contributed by atoms with Gasteiger partial charge in [-0.1, -0.05) is 13.2 Å². The number of rotatable bonds is 3. The molecular formula is C7H9NO3. The normalized spacial score (nSPS) is 11.7. The topological polar surface area (TPSA) is 63.4 Å². The molecule has 0 rings (SSSR count). The quantitative estimate of drug-likeness (QED) is 0.292. The molecule has 0 heterocycles. The lowest BCUT2D eigenvalue weighted by Crippen LogP contribution is -1.99. The van der Waals surface area contributed by atoms with E-state index in [0.717, 1.165) is 6.08 Å². The third kappa shape index (κ3) is 2.25. The van der Waals surface area contributed by atoms with Crippen LogP contribution in [0.15, 0.2) is 36.3 Å². The van der Waals surface area contributed by atoms with Gasteiger partial charge in [-0.2, -0.15) is 0 Å². The summed E-state index contributed by atoms with van der Waals surface area (Å²) in [5, 5.41) is 19.0. The lowest BCUT2D eigenvalue weighted by Gasteiger charge is -1.96. The Morgan fingerprint density at radius 1 is 1.73 bits per heavy atom. The first kappa shape index (κ1) is 9.42. The SMILES string of the molecule is C=C/C(=C(/C)C(=C)O)[N+](=O)[O-]. The van der Waals surface area contributed by atoms with E-state index in [1.54, 1.807) is 0 Å². The van der Waals surface area contributed by atoms with Gasteiger partial charge in [-0.3, -0.25) is 10.1 Å². The van der Waals surface area contributed by atoms with Crippen molar-refractivity contribution in [2.45, 2.75) is 6.92 Å². The van der Waals surface area contributed by atoms with Gasteiger partial charge in [0.05, 0.1) is 10.5 Å². The number of aliphatic hydroxyl groups is 1. The van der Waals surface area contributed by atoms with Crippen LogP contribution in [-0.2, 0) is 0 Å². The second kappa shape index (κ2) is 3.55. The summed E-state index contributed by atoms with van der Waals surface area (Å²) in [6.07, 6.45) is 1.07. The van der Waals surface area contributed by atoms with Gasteiger partial charge in [0.15, 0.2) is 0 Å². The van der Waals surface area contributed by atoms with Gasteiger partial charge in [-0.25, -0.2) is 0 Å². The van der Waals surface area contributed by atoms with Crippen LogP contribution in [0.4, 0.5) is 0 Å². The van der Waals surface area contributed by atoms with Gasteiger partial charge >= 0.3 is 0 Å². The molecule has 0 amide bonds. The fourth-order valence-electron chi connectivity index (χ4n) is 0.512. The van der Waals surface area contributed by atoms with Gasteiger partial charge in [-0.15, -0.1) is 0 Å². The van der Waals surface area contributed by atoms with Crippen molar-refractivity contribution < 1.29 is 10.0 Å². The molecule has 0 atom stereocenters. The van der Waals surface area contributed by atoms with Crippen molar-refractivity contribution in [3.63, 3.8) is 0 Å². The molecule has 0 unspecified atom stereocenters. The zero-order chi connectivity index (χ0) is 9.02. The number of hydrogen-bond acceptors (Lipinski definition) is 3. The summed E-state index contributed by atoms with van der Waals surface area (Å²) >= 11 is 0. The Morgan fingerprint density at radius 2 is 2.18 bits per heavy atom. The Balaban J connectivity index is 4.99. The predicted octanol–water partition coefficient (Wildman–Crippen LogP) is 1.79. The maximum Gasteiger partial charge on any atom is 0.275 e. The second-order valence-electron chi connectivity index (χ2n) is 1.92. The van der Waals surface area contributed by atoms with Crippen molar-refractivity contribution >= 4 is 0 Å². The molecule has 0 fully saturated rings. The van der Waals surface area contributed by atoms with Crippen LogP contribution in [-0.4, -0.2) is 10.0 Å². The molecule has 0 aromatic rings. The van der Waals surface area contributed by atoms with Crippen LogP contribution in [0.3, 0.4) is 0 Å². The van der Waals surface area contributed by atoms with E-state index in [2.05, 4.69) is 13.2 Å². The van der Waals surface area contributed by atoms with Crippen molar-refractivity contribution in [1.29, 1.82) is 0 Å². The van der Waals surface area contributed by atoms with Crippen LogP contribution in [0.2, 0.25) is 0 Å². The van der Waals surface area contributed by atoms with Gasteiger partial charge in [0.1, 0.15) is 5.76 Å². The Hall–Kier alpha value is -1.58. The fraction of sp³-hybridized carbons (Fsp3) is 0.143. The summed E-state index contributed by atoms with van der Waals surface area (Å²) in [7, 11) is 0. The standard InChI is InChI=1S/C7H9NO3/c1-4-7(8(10)11)5(2)6(3)9/h4,9H,1,3H2,2H3/b7-5+. The van der Waals surface area contributed by atoms with E-state index in [-0.39, 0.29) is 17.0 Å². The molecule has 0 aromatic carbocycles. The van der Waals surface area contributed by atoms with Crippen LogP contribution in [0.5, 0.6) is 0 Å². The maximum absolute atomic E-state index is 10.2. The van der Waals surface area contributed by atoms with E-state index in [4.69, 9.17) is 5.11 Å². The van der Waals surface area contributed by atoms with E-state index in [1.807, 2.05) is 0 Å². The number of nitro groups is 1. The Kier molecular flexibility index (Phi) is 3.04. The monoisotopic (exact) mass is 155 g/mol. The van der Waals surface area contributed by atoms with Crippen LogP contribution in [0.1, 0.15) is 6.92 Å². The van der Waals surface area contributed by atoms with Gasteiger partial charge in [-0.05, 0) is 6.92 Å². The molecule has 1 N–H and O–H groups in total. The van der Waals surface area contributed by atoms with Gasteiger partial charge in [0.2, 0.25) is 0 Å². The molecule has 0 aliphatic rings. The molecule has 60 valence electrons. The highest BCUT2D eigenvalue weighted by Gasteiger charge is 2.11. The first-order valence-electron chi connectivity index (χ1n) is 2.86. The molecular weight excluding hydrogens is 146 g/mol. The van der Waals surface area contributed by atoms with Gasteiger partial charge in [0, 0.05) is 6.08 Å². The fourth-order valence-corrected chi connectivity index (χ4v) is 0.512. The minimum atomic E-state index is -0.621. The minimum Gasteiger partial charge on any atom is -0.508 e. The van der Waals surface area contributed by atoms with E-state index in [9.17, 15) is 10.1 Å². The molecule has 4 heteroatoms. The highest BCUT2D eigenvalue weighted by molar-refractivity contribution is 5.27. The van der Waals surface area contributed by atoms with E-state index in [1.165, 1.54) is 6.92 Å². The van der Waals surface area contributed by atoms with E-state index >= 15 is 0 Å². The molecule has 0 radical (unpaired) electrons. The van der Waals surface area contributed by atoms with Crippen LogP contribution < -0.4 is 0 Å². The predicted molar refractivity (Wildman–Crippen MR) is 41.7 cm³/mol.